The highest BCUT2D eigenvalue weighted by atomic mass is 16.6. The van der Waals surface area contributed by atoms with Crippen LogP contribution in [0.2, 0.25) is 0 Å². The minimum absolute atomic E-state index is 0.0947. The Bertz CT molecular complexity index is 946. The molecule has 2 aromatic rings. The maximum Gasteiger partial charge on any atom is 0.293 e. The van der Waals surface area contributed by atoms with Gasteiger partial charge in [0.2, 0.25) is 0 Å². The van der Waals surface area contributed by atoms with Gasteiger partial charge < -0.3 is 19.7 Å². The van der Waals surface area contributed by atoms with Crippen LogP contribution >= 0.6 is 0 Å². The molecule has 152 valence electrons. The van der Waals surface area contributed by atoms with Crippen molar-refractivity contribution in [3.8, 4) is 11.5 Å². The van der Waals surface area contributed by atoms with Crippen LogP contribution in [0.15, 0.2) is 36.4 Å². The second kappa shape index (κ2) is 7.98. The number of hydrogen-bond acceptors (Lipinski definition) is 6. The van der Waals surface area contributed by atoms with Gasteiger partial charge in [0.15, 0.2) is 11.5 Å². The summed E-state index contributed by atoms with van der Waals surface area (Å²) in [6.07, 6.45) is 2.54. The Balaban J connectivity index is 1.62. The van der Waals surface area contributed by atoms with Gasteiger partial charge in [-0.15, -0.1) is 0 Å². The number of likely N-dealkylation sites (tertiary alicyclic amines) is 1. The first-order valence-corrected chi connectivity index (χ1v) is 9.75. The van der Waals surface area contributed by atoms with E-state index in [0.29, 0.717) is 36.8 Å². The molecule has 1 saturated heterocycles. The van der Waals surface area contributed by atoms with Crippen molar-refractivity contribution in [2.75, 3.05) is 32.1 Å². The maximum absolute atomic E-state index is 13.2. The van der Waals surface area contributed by atoms with E-state index in [1.54, 1.807) is 24.1 Å². The van der Waals surface area contributed by atoms with Crippen molar-refractivity contribution in [3.05, 3.63) is 57.6 Å². The number of nitrogens with one attached hydrogen (secondary N) is 1. The van der Waals surface area contributed by atoms with Crippen molar-refractivity contribution < 1.29 is 19.2 Å². The summed E-state index contributed by atoms with van der Waals surface area (Å²) in [6, 6.07) is 10.3. The number of nitro groups is 1. The number of carbonyl (C=O) groups is 1. The molecule has 0 aromatic heterocycles. The van der Waals surface area contributed by atoms with Crippen LogP contribution in [-0.4, -0.2) is 42.5 Å². The molecule has 2 heterocycles. The summed E-state index contributed by atoms with van der Waals surface area (Å²) >= 11 is 0. The Labute approximate surface area is 168 Å². The van der Waals surface area contributed by atoms with Crippen LogP contribution in [0.25, 0.3) is 0 Å². The molecule has 0 unspecified atom stereocenters. The summed E-state index contributed by atoms with van der Waals surface area (Å²) in [5.74, 6) is 1.22. The number of carbonyl (C=O) groups excluding carboxylic acids is 1. The molecular formula is C21H23N3O5. The SMILES string of the molecule is CNc1ccc(C(=O)N2CCC[C@H]2c2ccc3c(c2)OCCCO3)cc1[N+](=O)[O-]. The van der Waals surface area contributed by atoms with Crippen LogP contribution in [0.4, 0.5) is 11.4 Å². The highest BCUT2D eigenvalue weighted by Crippen LogP contribution is 2.39. The predicted octanol–water partition coefficient (Wildman–Crippen LogP) is 3.78. The normalized spacial score (nSPS) is 18.2. The summed E-state index contributed by atoms with van der Waals surface area (Å²) in [6.45, 7) is 1.84. The van der Waals surface area contributed by atoms with Gasteiger partial charge in [-0.25, -0.2) is 0 Å². The molecule has 1 fully saturated rings. The molecule has 8 nitrogen and oxygen atoms in total. The van der Waals surface area contributed by atoms with E-state index in [4.69, 9.17) is 9.47 Å². The third-order valence-electron chi connectivity index (χ3n) is 5.38. The average Bonchev–Trinajstić information content (AvgIpc) is 3.11. The number of fused-ring (bicyclic) bond motifs is 1. The topological polar surface area (TPSA) is 93.9 Å². The average molecular weight is 397 g/mol. The Kier molecular flexibility index (Phi) is 5.24. The first kappa shape index (κ1) is 19.0. The number of amides is 1. The van der Waals surface area contributed by atoms with E-state index in [0.717, 1.165) is 30.6 Å². The van der Waals surface area contributed by atoms with Crippen LogP contribution in [-0.2, 0) is 0 Å². The number of rotatable bonds is 4. The Morgan fingerprint density at radius 2 is 1.93 bits per heavy atom. The Morgan fingerprint density at radius 1 is 1.14 bits per heavy atom. The number of anilines is 1. The van der Waals surface area contributed by atoms with E-state index in [1.807, 2.05) is 18.2 Å². The van der Waals surface area contributed by atoms with Crippen LogP contribution in [0.5, 0.6) is 11.5 Å². The molecule has 0 aliphatic carbocycles. The molecule has 1 amide bonds. The zero-order valence-electron chi connectivity index (χ0n) is 16.2. The lowest BCUT2D eigenvalue weighted by Gasteiger charge is -2.26. The molecule has 4 rings (SSSR count). The van der Waals surface area contributed by atoms with Gasteiger partial charge in [0.25, 0.3) is 11.6 Å². The Morgan fingerprint density at radius 3 is 2.69 bits per heavy atom. The zero-order valence-corrected chi connectivity index (χ0v) is 16.2. The molecule has 0 spiro atoms. The van der Waals surface area contributed by atoms with E-state index < -0.39 is 4.92 Å². The van der Waals surface area contributed by atoms with Gasteiger partial charge in [-0.1, -0.05) is 6.07 Å². The number of nitro benzene ring substituents is 1. The van der Waals surface area contributed by atoms with Gasteiger partial charge in [0.1, 0.15) is 5.69 Å². The zero-order chi connectivity index (χ0) is 20.4. The maximum atomic E-state index is 13.2. The van der Waals surface area contributed by atoms with Crippen molar-refractivity contribution in [1.82, 2.24) is 4.90 Å². The molecule has 29 heavy (non-hydrogen) atoms. The molecule has 0 saturated carbocycles. The van der Waals surface area contributed by atoms with Gasteiger partial charge in [-0.2, -0.15) is 0 Å². The van der Waals surface area contributed by atoms with E-state index in [-0.39, 0.29) is 17.6 Å². The summed E-state index contributed by atoms with van der Waals surface area (Å²) in [5.41, 5.74) is 1.58. The summed E-state index contributed by atoms with van der Waals surface area (Å²) < 4.78 is 11.5. The van der Waals surface area contributed by atoms with Crippen molar-refractivity contribution in [1.29, 1.82) is 0 Å². The van der Waals surface area contributed by atoms with Gasteiger partial charge in [-0.05, 0) is 42.7 Å². The first-order chi connectivity index (χ1) is 14.1. The van der Waals surface area contributed by atoms with Crippen LogP contribution in [0, 0.1) is 10.1 Å². The molecule has 2 aliphatic heterocycles. The van der Waals surface area contributed by atoms with Gasteiger partial charge in [0, 0.05) is 31.6 Å². The number of hydrogen-bond donors (Lipinski definition) is 1. The van der Waals surface area contributed by atoms with Crippen molar-refractivity contribution in [2.24, 2.45) is 0 Å². The number of benzene rings is 2. The van der Waals surface area contributed by atoms with Crippen LogP contribution in [0.1, 0.15) is 41.2 Å². The predicted molar refractivity (Wildman–Crippen MR) is 108 cm³/mol. The Hall–Kier alpha value is -3.29. The fourth-order valence-electron chi connectivity index (χ4n) is 3.94. The summed E-state index contributed by atoms with van der Waals surface area (Å²) in [7, 11) is 1.62. The number of nitrogens with zero attached hydrogens (tertiary/aromatic N) is 2. The smallest absolute Gasteiger partial charge is 0.293 e. The fourth-order valence-corrected chi connectivity index (χ4v) is 3.94. The summed E-state index contributed by atoms with van der Waals surface area (Å²) in [5, 5.41) is 14.1. The standard InChI is InChI=1S/C21H23N3O5/c1-22-16-7-5-15(12-18(16)24(26)27)21(25)23-9-2-4-17(23)14-6-8-19-20(13-14)29-11-3-10-28-19/h5-8,12-13,17,22H,2-4,9-11H2,1H3/t17-/m0/s1. The fraction of sp³-hybridized carbons (Fsp3) is 0.381. The second-order valence-electron chi connectivity index (χ2n) is 7.15. The largest absolute Gasteiger partial charge is 0.490 e. The van der Waals surface area contributed by atoms with Crippen molar-refractivity contribution in [3.63, 3.8) is 0 Å². The molecule has 1 N–H and O–H groups in total. The van der Waals surface area contributed by atoms with Crippen LogP contribution in [0.3, 0.4) is 0 Å². The molecule has 1 atom stereocenters. The summed E-state index contributed by atoms with van der Waals surface area (Å²) in [4.78, 5) is 25.8. The molecular weight excluding hydrogens is 374 g/mol. The third kappa shape index (κ3) is 3.70. The number of ether oxygens (including phenoxy) is 2. The van der Waals surface area contributed by atoms with Crippen molar-refractivity contribution >= 4 is 17.3 Å². The molecule has 0 bridgehead atoms. The minimum atomic E-state index is -0.478. The highest BCUT2D eigenvalue weighted by Gasteiger charge is 2.32. The van der Waals surface area contributed by atoms with Crippen LogP contribution < -0.4 is 14.8 Å². The lowest BCUT2D eigenvalue weighted by molar-refractivity contribution is -0.384. The lowest BCUT2D eigenvalue weighted by Crippen LogP contribution is -2.30. The van der Waals surface area contributed by atoms with E-state index in [1.165, 1.54) is 6.07 Å². The van der Waals surface area contributed by atoms with Gasteiger partial charge in [0.05, 0.1) is 24.2 Å². The third-order valence-corrected chi connectivity index (χ3v) is 5.38. The molecule has 2 aliphatic rings. The lowest BCUT2D eigenvalue weighted by atomic mass is 10.0. The minimum Gasteiger partial charge on any atom is -0.490 e. The van der Waals surface area contributed by atoms with Gasteiger partial charge in [-0.3, -0.25) is 14.9 Å². The molecule has 0 radical (unpaired) electrons. The highest BCUT2D eigenvalue weighted by molar-refractivity contribution is 5.96. The van der Waals surface area contributed by atoms with E-state index >= 15 is 0 Å². The second-order valence-corrected chi connectivity index (χ2v) is 7.15. The quantitative estimate of drug-likeness (QED) is 0.623. The van der Waals surface area contributed by atoms with Gasteiger partial charge >= 0.3 is 0 Å². The first-order valence-electron chi connectivity index (χ1n) is 9.75. The van der Waals surface area contributed by atoms with Crippen molar-refractivity contribution in [2.45, 2.75) is 25.3 Å². The van der Waals surface area contributed by atoms with E-state index in [9.17, 15) is 14.9 Å². The molecule has 8 heteroatoms. The monoisotopic (exact) mass is 397 g/mol. The van der Waals surface area contributed by atoms with E-state index in [2.05, 4.69) is 5.32 Å². The molecule has 2 aromatic carbocycles.